The zero-order valence-electron chi connectivity index (χ0n) is 10.1. The molecule has 2 aromatic rings. The molecule has 0 bridgehead atoms. The lowest BCUT2D eigenvalue weighted by Gasteiger charge is -2.04. The molecule has 6 nitrogen and oxygen atoms in total. The highest BCUT2D eigenvalue weighted by atomic mass is 32.2. The molecule has 0 saturated heterocycles. The normalized spacial score (nSPS) is 12.1. The van der Waals surface area contributed by atoms with Gasteiger partial charge in [-0.2, -0.15) is 0 Å². The Morgan fingerprint density at radius 2 is 2.11 bits per heavy atom. The largest absolute Gasteiger partial charge is 0.419 e. The lowest BCUT2D eigenvalue weighted by Crippen LogP contribution is -2.24. The van der Waals surface area contributed by atoms with Crippen molar-refractivity contribution in [3.63, 3.8) is 0 Å². The van der Waals surface area contributed by atoms with E-state index < -0.39 is 15.8 Å². The zero-order chi connectivity index (χ0) is 13.3. The van der Waals surface area contributed by atoms with Crippen LogP contribution in [-0.2, 0) is 23.6 Å². The molecule has 0 radical (unpaired) electrons. The Kier molecular flexibility index (Phi) is 3.27. The molecular weight excluding hydrogens is 256 g/mol. The van der Waals surface area contributed by atoms with Gasteiger partial charge in [-0.1, -0.05) is 6.07 Å². The van der Waals surface area contributed by atoms with E-state index in [1.807, 2.05) is 0 Å². The molecule has 0 unspecified atom stereocenters. The molecule has 98 valence electrons. The molecule has 0 aliphatic carbocycles. The van der Waals surface area contributed by atoms with Crippen molar-refractivity contribution in [1.29, 1.82) is 0 Å². The molecule has 2 rings (SSSR count). The first-order valence-corrected chi connectivity index (χ1v) is 7.14. The fraction of sp³-hybridized carbons (Fsp3) is 0.364. The highest BCUT2D eigenvalue weighted by molar-refractivity contribution is 7.89. The minimum absolute atomic E-state index is 0.0374. The van der Waals surface area contributed by atoms with Crippen LogP contribution in [0.2, 0.25) is 0 Å². The maximum atomic E-state index is 11.3. The molecule has 1 heterocycles. The van der Waals surface area contributed by atoms with Crippen molar-refractivity contribution in [3.8, 4) is 0 Å². The fourth-order valence-electron chi connectivity index (χ4n) is 1.58. The highest BCUT2D eigenvalue weighted by Gasteiger charge is 2.09. The van der Waals surface area contributed by atoms with Crippen LogP contribution in [0.15, 0.2) is 27.4 Å². The van der Waals surface area contributed by atoms with Gasteiger partial charge in [0, 0.05) is 13.6 Å². The van der Waals surface area contributed by atoms with E-state index in [2.05, 4.69) is 4.72 Å². The van der Waals surface area contributed by atoms with Crippen molar-refractivity contribution in [1.82, 2.24) is 9.29 Å². The summed E-state index contributed by atoms with van der Waals surface area (Å²) < 4.78 is 31.5. The van der Waals surface area contributed by atoms with E-state index in [9.17, 15) is 13.2 Å². The molecule has 0 aliphatic rings. The number of nitrogens with zero attached hydrogens (tertiary/aromatic N) is 1. The van der Waals surface area contributed by atoms with Gasteiger partial charge in [-0.05, 0) is 24.6 Å². The van der Waals surface area contributed by atoms with E-state index in [4.69, 9.17) is 4.42 Å². The number of hydrogen-bond acceptors (Lipinski definition) is 4. The van der Waals surface area contributed by atoms with Gasteiger partial charge < -0.3 is 4.42 Å². The SMILES string of the molecule is CCS(=O)(=O)NCc1ccc2c(c1)oc(=O)n2C. The topological polar surface area (TPSA) is 81.3 Å². The van der Waals surface area contributed by atoms with Gasteiger partial charge in [0.2, 0.25) is 10.0 Å². The van der Waals surface area contributed by atoms with Gasteiger partial charge in [0.05, 0.1) is 11.3 Å². The third kappa shape index (κ3) is 2.46. The van der Waals surface area contributed by atoms with E-state index in [0.29, 0.717) is 11.1 Å². The van der Waals surface area contributed by atoms with Crippen LogP contribution in [0.25, 0.3) is 11.1 Å². The Labute approximate surface area is 104 Å². The van der Waals surface area contributed by atoms with Gasteiger partial charge in [0.25, 0.3) is 0 Å². The monoisotopic (exact) mass is 270 g/mol. The molecule has 7 heteroatoms. The van der Waals surface area contributed by atoms with Gasteiger partial charge in [0.15, 0.2) is 5.58 Å². The van der Waals surface area contributed by atoms with Crippen LogP contribution in [0.5, 0.6) is 0 Å². The standard InChI is InChI=1S/C11H14N2O4S/c1-3-18(15,16)12-7-8-4-5-9-10(6-8)17-11(14)13(9)2/h4-6,12H,3,7H2,1-2H3. The molecule has 0 amide bonds. The van der Waals surface area contributed by atoms with E-state index in [0.717, 1.165) is 5.56 Å². The Morgan fingerprint density at radius 1 is 1.39 bits per heavy atom. The second kappa shape index (κ2) is 4.58. The van der Waals surface area contributed by atoms with Crippen LogP contribution in [-0.4, -0.2) is 18.7 Å². The molecule has 0 saturated carbocycles. The van der Waals surface area contributed by atoms with Gasteiger partial charge in [0.1, 0.15) is 0 Å². The quantitative estimate of drug-likeness (QED) is 0.880. The Hall–Kier alpha value is -1.60. The van der Waals surface area contributed by atoms with Crippen LogP contribution in [0.4, 0.5) is 0 Å². The number of oxazole rings is 1. The summed E-state index contributed by atoms with van der Waals surface area (Å²) in [6, 6.07) is 5.15. The molecule has 0 fully saturated rings. The van der Waals surface area contributed by atoms with Crippen molar-refractivity contribution in [2.24, 2.45) is 7.05 Å². The third-order valence-corrected chi connectivity index (χ3v) is 4.08. The smallest absolute Gasteiger partial charge is 0.408 e. The fourth-order valence-corrected chi connectivity index (χ4v) is 2.17. The second-order valence-corrected chi connectivity index (χ2v) is 6.05. The summed E-state index contributed by atoms with van der Waals surface area (Å²) in [5.41, 5.74) is 1.88. The van der Waals surface area contributed by atoms with Gasteiger partial charge in [-0.25, -0.2) is 17.9 Å². The predicted molar refractivity (Wildman–Crippen MR) is 67.8 cm³/mol. The minimum atomic E-state index is -3.22. The Balaban J connectivity index is 2.29. The Morgan fingerprint density at radius 3 is 2.78 bits per heavy atom. The lowest BCUT2D eigenvalue weighted by atomic mass is 10.2. The van der Waals surface area contributed by atoms with Gasteiger partial charge in [-0.15, -0.1) is 0 Å². The molecule has 0 aliphatic heterocycles. The summed E-state index contributed by atoms with van der Waals surface area (Å²) in [5, 5.41) is 0. The molecule has 18 heavy (non-hydrogen) atoms. The maximum absolute atomic E-state index is 11.3. The average Bonchev–Trinajstić information content (AvgIpc) is 2.62. The number of rotatable bonds is 4. The Bertz CT molecular complexity index is 727. The first-order chi connectivity index (χ1) is 8.43. The lowest BCUT2D eigenvalue weighted by molar-refractivity contribution is 0.527. The third-order valence-electron chi connectivity index (χ3n) is 2.73. The summed E-state index contributed by atoms with van der Waals surface area (Å²) in [6.45, 7) is 1.76. The number of aromatic nitrogens is 1. The maximum Gasteiger partial charge on any atom is 0.419 e. The minimum Gasteiger partial charge on any atom is -0.408 e. The second-order valence-electron chi connectivity index (χ2n) is 3.95. The summed E-state index contributed by atoms with van der Waals surface area (Å²) >= 11 is 0. The van der Waals surface area contributed by atoms with Crippen molar-refractivity contribution in [2.75, 3.05) is 5.75 Å². The number of sulfonamides is 1. The summed E-state index contributed by atoms with van der Waals surface area (Å²) in [4.78, 5) is 11.3. The first-order valence-electron chi connectivity index (χ1n) is 5.49. The highest BCUT2D eigenvalue weighted by Crippen LogP contribution is 2.14. The van der Waals surface area contributed by atoms with E-state index in [-0.39, 0.29) is 12.3 Å². The zero-order valence-corrected chi connectivity index (χ0v) is 11.0. The summed E-state index contributed by atoms with van der Waals surface area (Å²) in [5.74, 6) is -0.397. The molecular formula is C11H14N2O4S. The number of aryl methyl sites for hydroxylation is 1. The van der Waals surface area contributed by atoms with Crippen LogP contribution >= 0.6 is 0 Å². The number of benzene rings is 1. The van der Waals surface area contributed by atoms with E-state index in [1.54, 1.807) is 32.2 Å². The summed E-state index contributed by atoms with van der Waals surface area (Å²) in [6.07, 6.45) is 0. The number of hydrogen-bond donors (Lipinski definition) is 1. The van der Waals surface area contributed by atoms with Crippen LogP contribution in [0.1, 0.15) is 12.5 Å². The first kappa shape index (κ1) is 12.8. The van der Waals surface area contributed by atoms with Crippen molar-refractivity contribution < 1.29 is 12.8 Å². The van der Waals surface area contributed by atoms with Crippen LogP contribution in [0, 0.1) is 0 Å². The van der Waals surface area contributed by atoms with Crippen molar-refractivity contribution in [2.45, 2.75) is 13.5 Å². The number of nitrogens with one attached hydrogen (secondary N) is 1. The molecule has 1 N–H and O–H groups in total. The van der Waals surface area contributed by atoms with Crippen LogP contribution < -0.4 is 10.5 Å². The molecule has 0 spiro atoms. The van der Waals surface area contributed by atoms with Gasteiger partial charge in [-0.3, -0.25) is 4.57 Å². The average molecular weight is 270 g/mol. The molecule has 0 atom stereocenters. The van der Waals surface area contributed by atoms with E-state index in [1.165, 1.54) is 4.57 Å². The van der Waals surface area contributed by atoms with Crippen LogP contribution in [0.3, 0.4) is 0 Å². The van der Waals surface area contributed by atoms with Gasteiger partial charge >= 0.3 is 5.76 Å². The van der Waals surface area contributed by atoms with Crippen molar-refractivity contribution in [3.05, 3.63) is 34.3 Å². The van der Waals surface area contributed by atoms with Crippen molar-refractivity contribution >= 4 is 21.1 Å². The van der Waals surface area contributed by atoms with E-state index >= 15 is 0 Å². The predicted octanol–water partition coefficient (Wildman–Crippen LogP) is 0.571. The number of fused-ring (bicyclic) bond motifs is 1. The summed E-state index contributed by atoms with van der Waals surface area (Å²) in [7, 11) is -1.60. The molecule has 1 aromatic carbocycles. The molecule has 1 aromatic heterocycles.